The van der Waals surface area contributed by atoms with Crippen molar-refractivity contribution in [1.29, 1.82) is 0 Å². The van der Waals surface area contributed by atoms with Crippen molar-refractivity contribution in [2.75, 3.05) is 23.3 Å². The summed E-state index contributed by atoms with van der Waals surface area (Å²) in [6, 6.07) is 12.8. The number of nitrogens with zero attached hydrogens (tertiary/aromatic N) is 1. The molecule has 0 atom stereocenters. The lowest BCUT2D eigenvalue weighted by Gasteiger charge is -2.56. The Morgan fingerprint density at radius 1 is 1.00 bits per heavy atom. The minimum atomic E-state index is -0.201. The van der Waals surface area contributed by atoms with Gasteiger partial charge in [0.25, 0.3) is 0 Å². The summed E-state index contributed by atoms with van der Waals surface area (Å²) in [5, 5.41) is 6.28. The highest BCUT2D eigenvalue weighted by Gasteiger charge is 2.50. The van der Waals surface area contributed by atoms with Crippen LogP contribution in [0.1, 0.15) is 49.7 Å². The van der Waals surface area contributed by atoms with E-state index < -0.39 is 0 Å². The molecule has 5 aliphatic rings. The summed E-state index contributed by atoms with van der Waals surface area (Å²) in [6.45, 7) is 2.53. The van der Waals surface area contributed by atoms with E-state index in [0.717, 1.165) is 55.1 Å². The van der Waals surface area contributed by atoms with Crippen LogP contribution in [0, 0.1) is 29.0 Å². The SMILES string of the molecule is O=C(NCC12CC3CC(CC(C3)C1)C2)Nc1ccc2c(c1)CCN2Cc1ccc(F)cc1. The van der Waals surface area contributed by atoms with Crippen LogP contribution >= 0.6 is 0 Å². The molecule has 4 fully saturated rings. The Hall–Kier alpha value is -2.56. The van der Waals surface area contributed by atoms with Gasteiger partial charge in [-0.1, -0.05) is 12.1 Å². The molecular formula is C27H32FN3O. The number of amides is 2. The average molecular weight is 434 g/mol. The smallest absolute Gasteiger partial charge is 0.319 e. The molecule has 2 N–H and O–H groups in total. The summed E-state index contributed by atoms with van der Waals surface area (Å²) < 4.78 is 13.2. The maximum atomic E-state index is 13.2. The van der Waals surface area contributed by atoms with Gasteiger partial charge in [-0.3, -0.25) is 0 Å². The van der Waals surface area contributed by atoms with Gasteiger partial charge in [0.1, 0.15) is 5.82 Å². The predicted molar refractivity (Wildman–Crippen MR) is 125 cm³/mol. The first-order valence-corrected chi connectivity index (χ1v) is 12.2. The van der Waals surface area contributed by atoms with Crippen molar-refractivity contribution in [2.45, 2.75) is 51.5 Å². The lowest BCUT2D eigenvalue weighted by Crippen LogP contribution is -2.51. The molecule has 0 aromatic heterocycles. The highest BCUT2D eigenvalue weighted by Crippen LogP contribution is 2.59. The molecule has 32 heavy (non-hydrogen) atoms. The Morgan fingerprint density at radius 3 is 2.38 bits per heavy atom. The summed E-state index contributed by atoms with van der Waals surface area (Å²) >= 11 is 0. The van der Waals surface area contributed by atoms with E-state index in [1.165, 1.54) is 61.9 Å². The number of urea groups is 1. The monoisotopic (exact) mass is 433 g/mol. The highest BCUT2D eigenvalue weighted by molar-refractivity contribution is 5.89. The van der Waals surface area contributed by atoms with Crippen LogP contribution in [0.15, 0.2) is 42.5 Å². The maximum absolute atomic E-state index is 13.2. The fraction of sp³-hybridized carbons (Fsp3) is 0.519. The molecule has 4 saturated carbocycles. The number of anilines is 2. The summed E-state index contributed by atoms with van der Waals surface area (Å²) in [6.07, 6.45) is 9.17. The first-order valence-electron chi connectivity index (χ1n) is 12.2. The number of benzene rings is 2. The zero-order valence-electron chi connectivity index (χ0n) is 18.6. The highest BCUT2D eigenvalue weighted by atomic mass is 19.1. The lowest BCUT2D eigenvalue weighted by molar-refractivity contribution is -0.0496. The van der Waals surface area contributed by atoms with Crippen LogP contribution in [0.3, 0.4) is 0 Å². The third-order valence-corrected chi connectivity index (χ3v) is 8.40. The lowest BCUT2D eigenvalue weighted by atomic mass is 9.49. The van der Waals surface area contributed by atoms with Gasteiger partial charge in [0.15, 0.2) is 0 Å². The Balaban J connectivity index is 1.06. The third kappa shape index (κ3) is 3.87. The van der Waals surface area contributed by atoms with Gasteiger partial charge in [-0.05, 0) is 110 Å². The molecule has 2 aromatic rings. The van der Waals surface area contributed by atoms with E-state index in [1.54, 1.807) is 0 Å². The minimum absolute atomic E-state index is 0.0816. The van der Waals surface area contributed by atoms with Gasteiger partial charge in [0, 0.05) is 31.0 Å². The van der Waals surface area contributed by atoms with E-state index in [1.807, 2.05) is 18.2 Å². The number of halogens is 1. The van der Waals surface area contributed by atoms with Crippen LogP contribution < -0.4 is 15.5 Å². The summed E-state index contributed by atoms with van der Waals surface area (Å²) in [5.74, 6) is 2.51. The molecule has 0 unspecified atom stereocenters. The average Bonchev–Trinajstić information content (AvgIpc) is 3.15. The van der Waals surface area contributed by atoms with Crippen molar-refractivity contribution in [2.24, 2.45) is 23.2 Å². The fourth-order valence-electron chi connectivity index (χ4n) is 7.47. The number of nitrogens with one attached hydrogen (secondary N) is 2. The van der Waals surface area contributed by atoms with Crippen molar-refractivity contribution >= 4 is 17.4 Å². The summed E-state index contributed by atoms with van der Waals surface area (Å²) in [5.41, 5.74) is 4.77. The van der Waals surface area contributed by atoms with Crippen LogP contribution in [0.4, 0.5) is 20.6 Å². The van der Waals surface area contributed by atoms with Crippen LogP contribution in [0.25, 0.3) is 0 Å². The van der Waals surface area contributed by atoms with Gasteiger partial charge in [-0.2, -0.15) is 0 Å². The van der Waals surface area contributed by atoms with Crippen molar-refractivity contribution in [1.82, 2.24) is 5.32 Å². The number of fused-ring (bicyclic) bond motifs is 1. The topological polar surface area (TPSA) is 44.4 Å². The Bertz CT molecular complexity index is 983. The molecule has 0 saturated heterocycles. The van der Waals surface area contributed by atoms with Gasteiger partial charge < -0.3 is 15.5 Å². The Labute approximate surface area is 189 Å². The first kappa shape index (κ1) is 20.1. The second-order valence-electron chi connectivity index (χ2n) is 10.9. The second kappa shape index (κ2) is 7.79. The Morgan fingerprint density at radius 2 is 1.69 bits per heavy atom. The zero-order valence-corrected chi connectivity index (χ0v) is 18.6. The van der Waals surface area contributed by atoms with Gasteiger partial charge in [0.2, 0.25) is 0 Å². The molecule has 1 aliphatic heterocycles. The molecule has 4 bridgehead atoms. The normalized spacial score (nSPS) is 29.8. The molecular weight excluding hydrogens is 401 g/mol. The van der Waals surface area contributed by atoms with E-state index >= 15 is 0 Å². The number of carbonyl (C=O) groups is 1. The van der Waals surface area contributed by atoms with Crippen LogP contribution in [-0.4, -0.2) is 19.1 Å². The Kier molecular flexibility index (Phi) is 4.89. The van der Waals surface area contributed by atoms with Gasteiger partial charge >= 0.3 is 6.03 Å². The molecule has 1 heterocycles. The van der Waals surface area contributed by atoms with Crippen LogP contribution in [0.5, 0.6) is 0 Å². The number of carbonyl (C=O) groups excluding carboxylic acids is 1. The molecule has 5 heteroatoms. The number of rotatable bonds is 5. The van der Waals surface area contributed by atoms with Gasteiger partial charge in [-0.15, -0.1) is 0 Å². The number of hydrogen-bond acceptors (Lipinski definition) is 2. The van der Waals surface area contributed by atoms with Crippen molar-refractivity contribution in [3.63, 3.8) is 0 Å². The van der Waals surface area contributed by atoms with E-state index in [4.69, 9.17) is 0 Å². The molecule has 0 spiro atoms. The summed E-state index contributed by atoms with van der Waals surface area (Å²) in [7, 11) is 0. The first-order chi connectivity index (χ1) is 15.5. The van der Waals surface area contributed by atoms with E-state index in [-0.39, 0.29) is 11.8 Å². The quantitative estimate of drug-likeness (QED) is 0.633. The van der Waals surface area contributed by atoms with E-state index in [2.05, 4.69) is 27.7 Å². The van der Waals surface area contributed by atoms with Gasteiger partial charge in [0.05, 0.1) is 0 Å². The largest absolute Gasteiger partial charge is 0.367 e. The van der Waals surface area contributed by atoms with Crippen LogP contribution in [-0.2, 0) is 13.0 Å². The molecule has 7 rings (SSSR count). The van der Waals surface area contributed by atoms with Crippen LogP contribution in [0.2, 0.25) is 0 Å². The number of hydrogen-bond donors (Lipinski definition) is 2. The zero-order chi connectivity index (χ0) is 21.7. The minimum Gasteiger partial charge on any atom is -0.367 e. The summed E-state index contributed by atoms with van der Waals surface area (Å²) in [4.78, 5) is 15.0. The molecule has 2 aromatic carbocycles. The van der Waals surface area contributed by atoms with E-state index in [9.17, 15) is 9.18 Å². The third-order valence-electron chi connectivity index (χ3n) is 8.40. The van der Waals surface area contributed by atoms with Crippen molar-refractivity contribution in [3.8, 4) is 0 Å². The van der Waals surface area contributed by atoms with Crippen molar-refractivity contribution in [3.05, 3.63) is 59.4 Å². The molecule has 2 amide bonds. The van der Waals surface area contributed by atoms with Crippen molar-refractivity contribution < 1.29 is 9.18 Å². The maximum Gasteiger partial charge on any atom is 0.319 e. The molecule has 4 aliphatic carbocycles. The molecule has 168 valence electrons. The second-order valence-corrected chi connectivity index (χ2v) is 10.9. The predicted octanol–water partition coefficient (Wildman–Crippen LogP) is 5.73. The molecule has 4 nitrogen and oxygen atoms in total. The molecule has 0 radical (unpaired) electrons. The standard InChI is InChI=1S/C27H32FN3O/c28-23-3-1-18(2-4-23)16-31-8-7-22-12-24(5-6-25(22)31)30-26(32)29-17-27-13-19-9-20(14-27)11-21(10-19)15-27/h1-6,12,19-21H,7-11,13-17H2,(H2,29,30,32). The van der Waals surface area contributed by atoms with E-state index in [0.29, 0.717) is 5.41 Å². The fourth-order valence-corrected chi connectivity index (χ4v) is 7.47. The van der Waals surface area contributed by atoms with Gasteiger partial charge in [-0.25, -0.2) is 9.18 Å².